The average Bonchev–Trinajstić information content (AvgIpc) is 2.60. The van der Waals surface area contributed by atoms with Crippen LogP contribution >= 0.6 is 0 Å². The summed E-state index contributed by atoms with van der Waals surface area (Å²) in [4.78, 5) is 0. The maximum atomic E-state index is 5.26. The monoisotopic (exact) mass is 176 g/mol. The minimum Gasteiger partial charge on any atom is -0.469 e. The second-order valence-electron chi connectivity index (χ2n) is 3.19. The normalized spacial score (nSPS) is 10.7. The molecule has 0 amide bonds. The number of aryl methyl sites for hydroxylation is 3. The lowest BCUT2D eigenvalue weighted by atomic mass is 10.1. The van der Waals surface area contributed by atoms with E-state index in [2.05, 4.69) is 12.0 Å². The quantitative estimate of drug-likeness (QED) is 0.667. The molecular formula is C10H12N2O. The fourth-order valence-electron chi connectivity index (χ4n) is 1.56. The molecule has 0 atom stereocenters. The number of hydrogen-bond acceptors (Lipinski definition) is 2. The van der Waals surface area contributed by atoms with Crippen LogP contribution in [0.5, 0.6) is 0 Å². The molecule has 2 aromatic rings. The molecular weight excluding hydrogens is 164 g/mol. The van der Waals surface area contributed by atoms with Gasteiger partial charge in [-0.15, -0.1) is 0 Å². The Morgan fingerprint density at radius 3 is 2.62 bits per heavy atom. The highest BCUT2D eigenvalue weighted by molar-refractivity contribution is 5.64. The Hall–Kier alpha value is -1.51. The molecule has 3 nitrogen and oxygen atoms in total. The summed E-state index contributed by atoms with van der Waals surface area (Å²) in [6.45, 7) is 4.01. The molecule has 0 spiro atoms. The van der Waals surface area contributed by atoms with Gasteiger partial charge in [0.15, 0.2) is 0 Å². The maximum absolute atomic E-state index is 5.26. The Bertz CT molecular complexity index is 406. The van der Waals surface area contributed by atoms with Gasteiger partial charge in [0.1, 0.15) is 5.76 Å². The van der Waals surface area contributed by atoms with E-state index in [1.807, 2.05) is 30.9 Å². The van der Waals surface area contributed by atoms with Crippen LogP contribution in [0.15, 0.2) is 22.9 Å². The van der Waals surface area contributed by atoms with E-state index in [1.54, 1.807) is 6.26 Å². The lowest BCUT2D eigenvalue weighted by Crippen LogP contribution is -1.94. The van der Waals surface area contributed by atoms with Crippen LogP contribution in [0.1, 0.15) is 11.3 Å². The third kappa shape index (κ3) is 1.16. The molecule has 0 bridgehead atoms. The zero-order valence-electron chi connectivity index (χ0n) is 8.03. The lowest BCUT2D eigenvalue weighted by Gasteiger charge is -2.01. The molecule has 0 N–H and O–H groups in total. The van der Waals surface area contributed by atoms with Gasteiger partial charge in [-0.3, -0.25) is 4.68 Å². The van der Waals surface area contributed by atoms with Gasteiger partial charge in [0.05, 0.1) is 18.2 Å². The van der Waals surface area contributed by atoms with E-state index in [0.717, 1.165) is 17.0 Å². The smallest absolute Gasteiger partial charge is 0.110 e. The molecule has 68 valence electrons. The Labute approximate surface area is 77.0 Å². The first kappa shape index (κ1) is 8.10. The first-order chi connectivity index (χ1) is 6.20. The van der Waals surface area contributed by atoms with Crippen molar-refractivity contribution in [1.82, 2.24) is 9.78 Å². The number of hydrogen-bond donors (Lipinski definition) is 0. The van der Waals surface area contributed by atoms with Gasteiger partial charge < -0.3 is 4.42 Å². The standard InChI is InChI=1S/C10H12N2O/c1-7-6-11-12(3)10(7)9-4-5-13-8(9)2/h4-6H,1-3H3. The van der Waals surface area contributed by atoms with Crippen molar-refractivity contribution < 1.29 is 4.42 Å². The van der Waals surface area contributed by atoms with Gasteiger partial charge in [-0.2, -0.15) is 5.10 Å². The summed E-state index contributed by atoms with van der Waals surface area (Å²) >= 11 is 0. The summed E-state index contributed by atoms with van der Waals surface area (Å²) in [7, 11) is 1.94. The van der Waals surface area contributed by atoms with E-state index >= 15 is 0 Å². The highest BCUT2D eigenvalue weighted by Gasteiger charge is 2.11. The third-order valence-electron chi connectivity index (χ3n) is 2.24. The number of rotatable bonds is 1. The summed E-state index contributed by atoms with van der Waals surface area (Å²) in [6, 6.07) is 1.97. The van der Waals surface area contributed by atoms with Crippen molar-refractivity contribution in [3.05, 3.63) is 29.9 Å². The zero-order valence-corrected chi connectivity index (χ0v) is 8.03. The van der Waals surface area contributed by atoms with E-state index < -0.39 is 0 Å². The molecule has 0 saturated carbocycles. The molecule has 0 radical (unpaired) electrons. The predicted molar refractivity (Wildman–Crippen MR) is 50.4 cm³/mol. The third-order valence-corrected chi connectivity index (χ3v) is 2.24. The summed E-state index contributed by atoms with van der Waals surface area (Å²) < 4.78 is 7.13. The Morgan fingerprint density at radius 2 is 2.15 bits per heavy atom. The van der Waals surface area contributed by atoms with Crippen molar-refractivity contribution in [1.29, 1.82) is 0 Å². The number of nitrogens with zero attached hydrogens (tertiary/aromatic N) is 2. The van der Waals surface area contributed by atoms with Crippen LogP contribution in [-0.4, -0.2) is 9.78 Å². The SMILES string of the molecule is Cc1cnn(C)c1-c1ccoc1C. The summed E-state index contributed by atoms with van der Waals surface area (Å²) in [5.74, 6) is 0.937. The molecule has 13 heavy (non-hydrogen) atoms. The molecule has 0 unspecified atom stereocenters. The van der Waals surface area contributed by atoms with E-state index in [9.17, 15) is 0 Å². The highest BCUT2D eigenvalue weighted by atomic mass is 16.3. The van der Waals surface area contributed by atoms with E-state index in [-0.39, 0.29) is 0 Å². The van der Waals surface area contributed by atoms with Gasteiger partial charge in [-0.1, -0.05) is 0 Å². The molecule has 2 rings (SSSR count). The van der Waals surface area contributed by atoms with Crippen LogP contribution < -0.4 is 0 Å². The Morgan fingerprint density at radius 1 is 1.38 bits per heavy atom. The van der Waals surface area contributed by atoms with Gasteiger partial charge >= 0.3 is 0 Å². The maximum Gasteiger partial charge on any atom is 0.110 e. The Balaban J connectivity index is 2.64. The number of furan rings is 1. The summed E-state index contributed by atoms with van der Waals surface area (Å²) in [6.07, 6.45) is 3.57. The first-order valence-electron chi connectivity index (χ1n) is 4.23. The lowest BCUT2D eigenvalue weighted by molar-refractivity contribution is 0.535. The molecule has 2 heterocycles. The van der Waals surface area contributed by atoms with E-state index in [0.29, 0.717) is 0 Å². The summed E-state index contributed by atoms with van der Waals surface area (Å²) in [5.41, 5.74) is 3.43. The van der Waals surface area contributed by atoms with Crippen LogP contribution in [0.2, 0.25) is 0 Å². The molecule has 0 aromatic carbocycles. The van der Waals surface area contributed by atoms with Gasteiger partial charge in [-0.05, 0) is 25.5 Å². The second-order valence-corrected chi connectivity index (χ2v) is 3.19. The van der Waals surface area contributed by atoms with Crippen LogP contribution in [0.4, 0.5) is 0 Å². The molecule has 0 aliphatic heterocycles. The number of aromatic nitrogens is 2. The van der Waals surface area contributed by atoms with Gasteiger partial charge in [0, 0.05) is 12.6 Å². The fourth-order valence-corrected chi connectivity index (χ4v) is 1.56. The predicted octanol–water partition coefficient (Wildman–Crippen LogP) is 2.30. The molecule has 0 fully saturated rings. The van der Waals surface area contributed by atoms with Crippen molar-refractivity contribution in [2.75, 3.05) is 0 Å². The first-order valence-corrected chi connectivity index (χ1v) is 4.23. The van der Waals surface area contributed by atoms with Crippen molar-refractivity contribution in [2.24, 2.45) is 7.05 Å². The largest absolute Gasteiger partial charge is 0.469 e. The summed E-state index contributed by atoms with van der Waals surface area (Å²) in [5, 5.41) is 4.19. The van der Waals surface area contributed by atoms with Crippen molar-refractivity contribution >= 4 is 0 Å². The van der Waals surface area contributed by atoms with Crippen molar-refractivity contribution in [3.63, 3.8) is 0 Å². The van der Waals surface area contributed by atoms with Crippen molar-refractivity contribution in [3.8, 4) is 11.3 Å². The van der Waals surface area contributed by atoms with Gasteiger partial charge in [0.2, 0.25) is 0 Å². The van der Waals surface area contributed by atoms with E-state index in [4.69, 9.17) is 4.42 Å². The van der Waals surface area contributed by atoms with Crippen LogP contribution in [0, 0.1) is 13.8 Å². The molecule has 0 aliphatic carbocycles. The zero-order chi connectivity index (χ0) is 9.42. The van der Waals surface area contributed by atoms with Crippen LogP contribution in [0.3, 0.4) is 0 Å². The Kier molecular flexibility index (Phi) is 1.72. The molecule has 0 aliphatic rings. The van der Waals surface area contributed by atoms with Crippen LogP contribution in [-0.2, 0) is 7.05 Å². The topological polar surface area (TPSA) is 31.0 Å². The van der Waals surface area contributed by atoms with Crippen LogP contribution in [0.25, 0.3) is 11.3 Å². The van der Waals surface area contributed by atoms with Gasteiger partial charge in [0.25, 0.3) is 0 Å². The molecule has 0 saturated heterocycles. The van der Waals surface area contributed by atoms with E-state index in [1.165, 1.54) is 5.56 Å². The molecule has 2 aromatic heterocycles. The minimum atomic E-state index is 0.937. The minimum absolute atomic E-state index is 0.937. The second kappa shape index (κ2) is 2.76. The average molecular weight is 176 g/mol. The highest BCUT2D eigenvalue weighted by Crippen LogP contribution is 2.26. The fraction of sp³-hybridized carbons (Fsp3) is 0.300. The van der Waals surface area contributed by atoms with Crippen molar-refractivity contribution in [2.45, 2.75) is 13.8 Å². The molecule has 3 heteroatoms. The van der Waals surface area contributed by atoms with Gasteiger partial charge in [-0.25, -0.2) is 0 Å².